The molecule has 0 aliphatic rings. The van der Waals surface area contributed by atoms with Crippen molar-refractivity contribution in [1.82, 2.24) is 29.5 Å². The van der Waals surface area contributed by atoms with Crippen molar-refractivity contribution in [1.29, 1.82) is 0 Å². The molecule has 0 aliphatic heterocycles. The standard InChI is InChI=1S/C6H7N.C5H5N.C4H6N2.C3H4N2/c1-6-4-2-3-5-7-6;1-2-4-6-5-3-1;1-6-3-2-5-4-6;1-2-5-3-4-1/h2-5H,1H3;1-5H;2-4H,1H3;1-3H,(H,4,5). The molecule has 0 bridgehead atoms. The molecule has 4 rings (SSSR count). The van der Waals surface area contributed by atoms with Gasteiger partial charge in [0.1, 0.15) is 0 Å². The zero-order valence-corrected chi connectivity index (χ0v) is 13.9. The minimum atomic E-state index is 1.07. The Morgan fingerprint density at radius 1 is 0.833 bits per heavy atom. The zero-order chi connectivity index (χ0) is 17.3. The maximum Gasteiger partial charge on any atom is 0.0943 e. The summed E-state index contributed by atoms with van der Waals surface area (Å²) < 4.78 is 1.89. The van der Waals surface area contributed by atoms with Crippen LogP contribution in [0.3, 0.4) is 0 Å². The quantitative estimate of drug-likeness (QED) is 0.539. The average Bonchev–Trinajstić information content (AvgIpc) is 3.35. The Kier molecular flexibility index (Phi) is 10.5. The Labute approximate surface area is 142 Å². The molecule has 0 fully saturated rings. The molecule has 1 N–H and O–H groups in total. The monoisotopic (exact) mass is 322 g/mol. The third kappa shape index (κ3) is 11.4. The minimum absolute atomic E-state index is 1.07. The van der Waals surface area contributed by atoms with E-state index in [0.717, 1.165) is 5.69 Å². The average molecular weight is 322 g/mol. The maximum atomic E-state index is 3.98. The number of nitrogens with one attached hydrogen (secondary N) is 1. The third-order valence-electron chi connectivity index (χ3n) is 2.42. The fourth-order valence-electron chi connectivity index (χ4n) is 1.30. The van der Waals surface area contributed by atoms with Crippen LogP contribution < -0.4 is 0 Å². The van der Waals surface area contributed by atoms with Crippen LogP contribution >= 0.6 is 0 Å². The number of H-pyrrole nitrogens is 1. The number of nitrogens with zero attached hydrogens (tertiary/aromatic N) is 5. The Hall–Kier alpha value is -3.28. The first kappa shape index (κ1) is 18.8. The van der Waals surface area contributed by atoms with E-state index in [9.17, 15) is 0 Å². The van der Waals surface area contributed by atoms with Crippen molar-refractivity contribution in [3.63, 3.8) is 0 Å². The predicted octanol–water partition coefficient (Wildman–Crippen LogP) is 3.30. The fraction of sp³-hybridized carbons (Fsp3) is 0.111. The van der Waals surface area contributed by atoms with E-state index in [2.05, 4.69) is 24.9 Å². The second-order valence-corrected chi connectivity index (χ2v) is 4.48. The highest BCUT2D eigenvalue weighted by molar-refractivity contribution is 4.99. The van der Waals surface area contributed by atoms with Gasteiger partial charge in [-0.15, -0.1) is 0 Å². The van der Waals surface area contributed by atoms with Crippen LogP contribution in [0.15, 0.2) is 92.4 Å². The summed E-state index contributed by atoms with van der Waals surface area (Å²) in [6.45, 7) is 1.97. The maximum absolute atomic E-state index is 3.98. The second kappa shape index (κ2) is 13.4. The first-order chi connectivity index (χ1) is 11.8. The van der Waals surface area contributed by atoms with Crippen LogP contribution in [-0.2, 0) is 7.05 Å². The lowest BCUT2D eigenvalue weighted by molar-refractivity contribution is 0.913. The molecule has 6 nitrogen and oxygen atoms in total. The summed E-state index contributed by atoms with van der Waals surface area (Å²) in [5.74, 6) is 0. The summed E-state index contributed by atoms with van der Waals surface area (Å²) in [5, 5.41) is 0. The van der Waals surface area contributed by atoms with E-state index in [4.69, 9.17) is 0 Å². The Morgan fingerprint density at radius 2 is 1.62 bits per heavy atom. The van der Waals surface area contributed by atoms with E-state index in [0.29, 0.717) is 0 Å². The van der Waals surface area contributed by atoms with Crippen LogP contribution in [-0.4, -0.2) is 29.5 Å². The van der Waals surface area contributed by atoms with E-state index in [1.54, 1.807) is 49.8 Å². The number of hydrogen-bond acceptors (Lipinski definition) is 4. The van der Waals surface area contributed by atoms with Crippen LogP contribution in [0.1, 0.15) is 5.69 Å². The smallest absolute Gasteiger partial charge is 0.0943 e. The van der Waals surface area contributed by atoms with Crippen molar-refractivity contribution in [2.45, 2.75) is 6.92 Å². The lowest BCUT2D eigenvalue weighted by Crippen LogP contribution is -1.76. The Morgan fingerprint density at radius 3 is 1.83 bits per heavy atom. The van der Waals surface area contributed by atoms with Crippen molar-refractivity contribution in [2.24, 2.45) is 7.05 Å². The first-order valence-corrected chi connectivity index (χ1v) is 7.36. The lowest BCUT2D eigenvalue weighted by atomic mass is 10.4. The molecule has 0 unspecified atom stereocenters. The van der Waals surface area contributed by atoms with Gasteiger partial charge >= 0.3 is 0 Å². The summed E-state index contributed by atoms with van der Waals surface area (Å²) in [4.78, 5) is 18.0. The van der Waals surface area contributed by atoms with Gasteiger partial charge in [-0.1, -0.05) is 12.1 Å². The van der Waals surface area contributed by atoms with Crippen LogP contribution in [0, 0.1) is 6.92 Å². The molecular weight excluding hydrogens is 300 g/mol. The molecular formula is C18H22N6. The van der Waals surface area contributed by atoms with Crippen LogP contribution in [0.2, 0.25) is 0 Å². The summed E-state index contributed by atoms with van der Waals surface area (Å²) in [7, 11) is 1.94. The zero-order valence-electron chi connectivity index (χ0n) is 13.9. The third-order valence-corrected chi connectivity index (χ3v) is 2.42. The summed E-state index contributed by atoms with van der Waals surface area (Å²) in [6.07, 6.45) is 15.8. The molecule has 0 radical (unpaired) electrons. The molecule has 0 aromatic carbocycles. The van der Waals surface area contributed by atoms with Gasteiger partial charge in [0.15, 0.2) is 0 Å². The number of aromatic amines is 1. The molecule has 24 heavy (non-hydrogen) atoms. The minimum Gasteiger partial charge on any atom is -0.351 e. The highest BCUT2D eigenvalue weighted by Crippen LogP contribution is 1.86. The van der Waals surface area contributed by atoms with Crippen molar-refractivity contribution in [3.05, 3.63) is 98.1 Å². The van der Waals surface area contributed by atoms with Crippen molar-refractivity contribution in [2.75, 3.05) is 0 Å². The summed E-state index contributed by atoms with van der Waals surface area (Å²) in [6, 6.07) is 11.6. The van der Waals surface area contributed by atoms with Gasteiger partial charge in [0.25, 0.3) is 0 Å². The molecule has 0 atom stereocenters. The van der Waals surface area contributed by atoms with E-state index in [1.165, 1.54) is 0 Å². The van der Waals surface area contributed by atoms with Crippen LogP contribution in [0.25, 0.3) is 0 Å². The molecule has 0 aliphatic carbocycles. The molecule has 4 heterocycles. The van der Waals surface area contributed by atoms with Gasteiger partial charge < -0.3 is 9.55 Å². The van der Waals surface area contributed by atoms with Gasteiger partial charge in [-0.25, -0.2) is 9.97 Å². The molecule has 0 amide bonds. The van der Waals surface area contributed by atoms with E-state index in [1.807, 2.05) is 61.1 Å². The van der Waals surface area contributed by atoms with E-state index < -0.39 is 0 Å². The van der Waals surface area contributed by atoms with Gasteiger partial charge in [-0.2, -0.15) is 0 Å². The SMILES string of the molecule is Cc1ccccn1.Cn1ccnc1.c1c[nH]cn1.c1ccncc1. The molecule has 0 saturated heterocycles. The highest BCUT2D eigenvalue weighted by Gasteiger charge is 1.73. The number of aryl methyl sites for hydroxylation is 2. The van der Waals surface area contributed by atoms with Gasteiger partial charge in [-0.3, -0.25) is 9.97 Å². The topological polar surface area (TPSA) is 72.3 Å². The number of hydrogen-bond donors (Lipinski definition) is 1. The fourth-order valence-corrected chi connectivity index (χ4v) is 1.30. The molecule has 4 aromatic heterocycles. The van der Waals surface area contributed by atoms with Gasteiger partial charge in [0.2, 0.25) is 0 Å². The number of imidazole rings is 2. The molecule has 124 valence electrons. The molecule has 6 heteroatoms. The molecule has 0 spiro atoms. The first-order valence-electron chi connectivity index (χ1n) is 7.36. The van der Waals surface area contributed by atoms with E-state index in [-0.39, 0.29) is 0 Å². The normalized spacial score (nSPS) is 8.42. The number of pyridine rings is 2. The van der Waals surface area contributed by atoms with E-state index >= 15 is 0 Å². The molecule has 4 aromatic rings. The van der Waals surface area contributed by atoms with Crippen LogP contribution in [0.5, 0.6) is 0 Å². The molecule has 0 saturated carbocycles. The van der Waals surface area contributed by atoms with Crippen molar-refractivity contribution in [3.8, 4) is 0 Å². The predicted molar refractivity (Wildman–Crippen MR) is 95.0 cm³/mol. The second-order valence-electron chi connectivity index (χ2n) is 4.48. The van der Waals surface area contributed by atoms with Gasteiger partial charge in [0.05, 0.1) is 12.7 Å². The lowest BCUT2D eigenvalue weighted by Gasteiger charge is -1.82. The highest BCUT2D eigenvalue weighted by atomic mass is 15.0. The van der Waals surface area contributed by atoms with Gasteiger partial charge in [0, 0.05) is 56.1 Å². The van der Waals surface area contributed by atoms with Crippen molar-refractivity contribution >= 4 is 0 Å². The van der Waals surface area contributed by atoms with Crippen molar-refractivity contribution < 1.29 is 0 Å². The Bertz CT molecular complexity index is 635. The Balaban J connectivity index is 0.000000161. The number of aromatic nitrogens is 6. The summed E-state index contributed by atoms with van der Waals surface area (Å²) in [5.41, 5.74) is 1.07. The van der Waals surface area contributed by atoms with Crippen LogP contribution in [0.4, 0.5) is 0 Å². The largest absolute Gasteiger partial charge is 0.351 e. The summed E-state index contributed by atoms with van der Waals surface area (Å²) >= 11 is 0. The van der Waals surface area contributed by atoms with Gasteiger partial charge in [-0.05, 0) is 31.2 Å². The number of rotatable bonds is 0.